The second kappa shape index (κ2) is 8.48. The lowest BCUT2D eigenvalue weighted by atomic mass is 10.2. The Kier molecular flexibility index (Phi) is 7.77. The molecule has 0 radical (unpaired) electrons. The topological polar surface area (TPSA) is 136 Å². The van der Waals surface area contributed by atoms with Gasteiger partial charge in [-0.05, 0) is 6.92 Å². The van der Waals surface area contributed by atoms with Gasteiger partial charge >= 0.3 is 17.9 Å². The third kappa shape index (κ3) is 7.69. The van der Waals surface area contributed by atoms with Crippen molar-refractivity contribution >= 4 is 27.9 Å². The number of ether oxygens (including phenoxy) is 2. The van der Waals surface area contributed by atoms with Crippen LogP contribution in [-0.2, 0) is 33.9 Å². The SMILES string of the molecule is CCOC(=O)CCS(=O)(=O)N[C@@H](CC(=O)OC)C(=O)O. The summed E-state index contributed by atoms with van der Waals surface area (Å²) < 4.78 is 33.8. The highest BCUT2D eigenvalue weighted by molar-refractivity contribution is 7.89. The number of carboxylic acid groups (broad SMARTS) is 1. The molecule has 0 aliphatic carbocycles. The molecule has 0 saturated heterocycles. The second-order valence-electron chi connectivity index (χ2n) is 3.66. The maximum absolute atomic E-state index is 11.6. The van der Waals surface area contributed by atoms with Gasteiger partial charge in [-0.15, -0.1) is 0 Å². The molecule has 0 bridgehead atoms. The lowest BCUT2D eigenvalue weighted by Gasteiger charge is -2.13. The predicted octanol–water partition coefficient (Wildman–Crippen LogP) is -1.12. The van der Waals surface area contributed by atoms with E-state index in [0.29, 0.717) is 0 Å². The smallest absolute Gasteiger partial charge is 0.322 e. The highest BCUT2D eigenvalue weighted by Crippen LogP contribution is 2.00. The van der Waals surface area contributed by atoms with Gasteiger partial charge in [-0.1, -0.05) is 0 Å². The molecule has 0 aromatic rings. The minimum atomic E-state index is -4.03. The average molecular weight is 311 g/mol. The van der Waals surface area contributed by atoms with E-state index in [1.165, 1.54) is 0 Å². The van der Waals surface area contributed by atoms with E-state index in [0.717, 1.165) is 7.11 Å². The van der Waals surface area contributed by atoms with Crippen LogP contribution in [0.1, 0.15) is 19.8 Å². The molecule has 9 nitrogen and oxygen atoms in total. The normalized spacial score (nSPS) is 12.5. The average Bonchev–Trinajstić information content (AvgIpc) is 2.35. The number of carbonyl (C=O) groups excluding carboxylic acids is 2. The van der Waals surface area contributed by atoms with E-state index in [1.54, 1.807) is 6.92 Å². The first-order valence-electron chi connectivity index (χ1n) is 5.67. The molecule has 0 rings (SSSR count). The van der Waals surface area contributed by atoms with E-state index in [4.69, 9.17) is 5.11 Å². The molecule has 116 valence electrons. The number of carboxylic acids is 1. The van der Waals surface area contributed by atoms with Gasteiger partial charge in [0.25, 0.3) is 0 Å². The van der Waals surface area contributed by atoms with Crippen LogP contribution in [0.5, 0.6) is 0 Å². The standard InChI is InChI=1S/C10H17NO8S/c1-3-19-8(12)4-5-20(16,17)11-7(10(14)15)6-9(13)18-2/h7,11H,3-6H2,1-2H3,(H,14,15)/t7-/m0/s1. The van der Waals surface area contributed by atoms with Crippen LogP contribution in [0.4, 0.5) is 0 Å². The van der Waals surface area contributed by atoms with Gasteiger partial charge in [0.2, 0.25) is 10.0 Å². The van der Waals surface area contributed by atoms with Gasteiger partial charge in [0.15, 0.2) is 0 Å². The molecule has 0 aliphatic heterocycles. The summed E-state index contributed by atoms with van der Waals surface area (Å²) in [6, 6.07) is -1.64. The Balaban J connectivity index is 4.56. The van der Waals surface area contributed by atoms with Gasteiger partial charge in [-0.2, -0.15) is 0 Å². The van der Waals surface area contributed by atoms with Gasteiger partial charge in [0.1, 0.15) is 6.04 Å². The van der Waals surface area contributed by atoms with Crippen LogP contribution in [0.3, 0.4) is 0 Å². The molecule has 0 saturated carbocycles. The number of sulfonamides is 1. The number of nitrogens with one attached hydrogen (secondary N) is 1. The maximum atomic E-state index is 11.6. The molecule has 2 N–H and O–H groups in total. The summed E-state index contributed by atoms with van der Waals surface area (Å²) in [7, 11) is -2.98. The molecule has 0 fully saturated rings. The van der Waals surface area contributed by atoms with Crippen molar-refractivity contribution in [2.75, 3.05) is 19.5 Å². The highest BCUT2D eigenvalue weighted by Gasteiger charge is 2.27. The molecule has 0 amide bonds. The van der Waals surface area contributed by atoms with Crippen molar-refractivity contribution in [1.29, 1.82) is 0 Å². The Morgan fingerprint density at radius 3 is 2.30 bits per heavy atom. The first kappa shape index (κ1) is 18.3. The molecule has 10 heteroatoms. The van der Waals surface area contributed by atoms with Crippen LogP contribution in [0.15, 0.2) is 0 Å². The number of rotatable bonds is 9. The van der Waals surface area contributed by atoms with Crippen LogP contribution in [-0.4, -0.2) is 56.9 Å². The monoisotopic (exact) mass is 311 g/mol. The third-order valence-electron chi connectivity index (χ3n) is 2.10. The molecule has 0 heterocycles. The Labute approximate surface area is 116 Å². The Hall–Kier alpha value is -1.68. The molecular weight excluding hydrogens is 294 g/mol. The Morgan fingerprint density at radius 2 is 1.85 bits per heavy atom. The highest BCUT2D eigenvalue weighted by atomic mass is 32.2. The molecular formula is C10H17NO8S. The molecule has 0 unspecified atom stereocenters. The van der Waals surface area contributed by atoms with Gasteiger partial charge in [0, 0.05) is 0 Å². The molecule has 0 spiro atoms. The van der Waals surface area contributed by atoms with Crippen molar-refractivity contribution in [3.8, 4) is 0 Å². The number of hydrogen-bond donors (Lipinski definition) is 2. The zero-order valence-electron chi connectivity index (χ0n) is 11.1. The van der Waals surface area contributed by atoms with Crippen LogP contribution in [0, 0.1) is 0 Å². The minimum absolute atomic E-state index is 0.117. The van der Waals surface area contributed by atoms with Crippen molar-refractivity contribution < 1.29 is 37.4 Å². The number of hydrogen-bond acceptors (Lipinski definition) is 7. The summed E-state index contributed by atoms with van der Waals surface area (Å²) in [4.78, 5) is 32.8. The van der Waals surface area contributed by atoms with E-state index in [9.17, 15) is 22.8 Å². The van der Waals surface area contributed by atoms with Crippen molar-refractivity contribution in [3.63, 3.8) is 0 Å². The van der Waals surface area contributed by atoms with E-state index in [1.807, 2.05) is 4.72 Å². The van der Waals surface area contributed by atoms with Gasteiger partial charge in [0.05, 0.1) is 32.3 Å². The minimum Gasteiger partial charge on any atom is -0.480 e. The van der Waals surface area contributed by atoms with Gasteiger partial charge < -0.3 is 14.6 Å². The summed E-state index contributed by atoms with van der Waals surface area (Å²) in [5, 5.41) is 8.82. The fraction of sp³-hybridized carbons (Fsp3) is 0.700. The third-order valence-corrected chi connectivity index (χ3v) is 3.48. The molecule has 0 aromatic heterocycles. The summed E-state index contributed by atoms with van der Waals surface area (Å²) in [5.74, 6) is -3.73. The first-order chi connectivity index (χ1) is 9.21. The lowest BCUT2D eigenvalue weighted by molar-refractivity contribution is -0.147. The summed E-state index contributed by atoms with van der Waals surface area (Å²) in [6.45, 7) is 1.69. The van der Waals surface area contributed by atoms with Crippen LogP contribution >= 0.6 is 0 Å². The number of carbonyl (C=O) groups is 3. The van der Waals surface area contributed by atoms with Crippen molar-refractivity contribution in [3.05, 3.63) is 0 Å². The Bertz CT molecular complexity index is 458. The summed E-state index contributed by atoms with van der Waals surface area (Å²) in [5.41, 5.74) is 0. The van der Waals surface area contributed by atoms with E-state index in [-0.39, 0.29) is 6.61 Å². The second-order valence-corrected chi connectivity index (χ2v) is 5.54. The number of esters is 2. The molecule has 1 atom stereocenters. The first-order valence-corrected chi connectivity index (χ1v) is 7.32. The zero-order valence-corrected chi connectivity index (χ0v) is 11.9. The van der Waals surface area contributed by atoms with Crippen molar-refractivity contribution in [2.24, 2.45) is 0 Å². The summed E-state index contributed by atoms with van der Waals surface area (Å²) in [6.07, 6.45) is -1.06. The molecule has 0 aliphatic rings. The Morgan fingerprint density at radius 1 is 1.25 bits per heavy atom. The van der Waals surface area contributed by atoms with Gasteiger partial charge in [-0.3, -0.25) is 14.4 Å². The molecule has 20 heavy (non-hydrogen) atoms. The zero-order chi connectivity index (χ0) is 15.8. The fourth-order valence-corrected chi connectivity index (χ4v) is 2.33. The van der Waals surface area contributed by atoms with Crippen LogP contribution in [0.25, 0.3) is 0 Å². The quantitative estimate of drug-likeness (QED) is 0.511. The van der Waals surface area contributed by atoms with Crippen molar-refractivity contribution in [2.45, 2.75) is 25.8 Å². The number of methoxy groups -OCH3 is 1. The largest absolute Gasteiger partial charge is 0.480 e. The van der Waals surface area contributed by atoms with E-state index < -0.39 is 52.6 Å². The van der Waals surface area contributed by atoms with E-state index >= 15 is 0 Å². The number of aliphatic carboxylic acids is 1. The fourth-order valence-electron chi connectivity index (χ4n) is 1.16. The van der Waals surface area contributed by atoms with Crippen LogP contribution in [0.2, 0.25) is 0 Å². The maximum Gasteiger partial charge on any atom is 0.322 e. The molecule has 0 aromatic carbocycles. The predicted molar refractivity (Wildman–Crippen MR) is 66.2 cm³/mol. The van der Waals surface area contributed by atoms with Crippen molar-refractivity contribution in [1.82, 2.24) is 4.72 Å². The van der Waals surface area contributed by atoms with Gasteiger partial charge in [-0.25, -0.2) is 13.1 Å². The van der Waals surface area contributed by atoms with E-state index in [2.05, 4.69) is 9.47 Å². The van der Waals surface area contributed by atoms with Crippen LogP contribution < -0.4 is 4.72 Å². The summed E-state index contributed by atoms with van der Waals surface area (Å²) >= 11 is 0. The lowest BCUT2D eigenvalue weighted by Crippen LogP contribution is -2.43.